The maximum atomic E-state index is 12.1. The molecule has 31 heavy (non-hydrogen) atoms. The standard InChI is InChI=1S/C23H31N5O2S/c1-3-22(29)28-6-4-5-18(16-28)11-20-12-19(15-27-7-9-30-10-8-27)13-21(25-20)26-23-24-14-17(2)31-23/h3,12-14,18H,1,4-11,15-16H2,2H3,(H,24,25,26)/t18-/m1/s1. The monoisotopic (exact) mass is 441 g/mol. The number of nitrogens with zero attached hydrogens (tertiary/aromatic N) is 4. The number of hydrogen-bond acceptors (Lipinski definition) is 7. The first kappa shape index (κ1) is 21.9. The van der Waals surface area contributed by atoms with Crippen LogP contribution in [-0.4, -0.2) is 65.1 Å². The summed E-state index contributed by atoms with van der Waals surface area (Å²) in [7, 11) is 0. The number of likely N-dealkylation sites (tertiary alicyclic amines) is 1. The molecule has 2 saturated heterocycles. The van der Waals surface area contributed by atoms with Gasteiger partial charge in [-0.3, -0.25) is 9.69 Å². The third-order valence-corrected chi connectivity index (χ3v) is 6.64. The average Bonchev–Trinajstić information content (AvgIpc) is 3.18. The summed E-state index contributed by atoms with van der Waals surface area (Å²) < 4.78 is 5.49. The topological polar surface area (TPSA) is 70.6 Å². The van der Waals surface area contributed by atoms with Crippen LogP contribution in [0.4, 0.5) is 10.9 Å². The Bertz CT molecular complexity index is 909. The zero-order chi connectivity index (χ0) is 21.6. The zero-order valence-corrected chi connectivity index (χ0v) is 19.0. The Kier molecular flexibility index (Phi) is 7.32. The van der Waals surface area contributed by atoms with Crippen molar-refractivity contribution in [1.29, 1.82) is 0 Å². The number of piperidine rings is 1. The summed E-state index contributed by atoms with van der Waals surface area (Å²) in [5, 5.41) is 4.25. The van der Waals surface area contributed by atoms with Crippen LogP contribution in [0.2, 0.25) is 0 Å². The summed E-state index contributed by atoms with van der Waals surface area (Å²) >= 11 is 1.63. The number of carbonyl (C=O) groups is 1. The lowest BCUT2D eigenvalue weighted by Gasteiger charge is -2.32. The first-order valence-corrected chi connectivity index (χ1v) is 11.8. The zero-order valence-electron chi connectivity index (χ0n) is 18.2. The van der Waals surface area contributed by atoms with E-state index in [0.717, 1.165) is 81.8 Å². The summed E-state index contributed by atoms with van der Waals surface area (Å²) in [5.74, 6) is 1.28. The largest absolute Gasteiger partial charge is 0.379 e. The van der Waals surface area contributed by atoms with E-state index in [1.165, 1.54) is 16.5 Å². The molecule has 1 atom stereocenters. The van der Waals surface area contributed by atoms with Crippen molar-refractivity contribution in [1.82, 2.24) is 19.8 Å². The second kappa shape index (κ2) is 10.3. The molecule has 4 rings (SSSR count). The normalized spacial score (nSPS) is 19.9. The van der Waals surface area contributed by atoms with Crippen LogP contribution < -0.4 is 5.32 Å². The molecular formula is C23H31N5O2S. The lowest BCUT2D eigenvalue weighted by atomic mass is 9.92. The molecule has 0 bridgehead atoms. The highest BCUT2D eigenvalue weighted by atomic mass is 32.1. The van der Waals surface area contributed by atoms with Gasteiger partial charge in [-0.2, -0.15) is 0 Å². The number of nitrogens with one attached hydrogen (secondary N) is 1. The van der Waals surface area contributed by atoms with Crippen LogP contribution in [0.3, 0.4) is 0 Å². The molecule has 2 aliphatic heterocycles. The van der Waals surface area contributed by atoms with Crippen molar-refractivity contribution < 1.29 is 9.53 Å². The number of hydrogen-bond donors (Lipinski definition) is 1. The molecule has 0 unspecified atom stereocenters. The third kappa shape index (κ3) is 6.12. The summed E-state index contributed by atoms with van der Waals surface area (Å²) in [5.41, 5.74) is 2.32. The quantitative estimate of drug-likeness (QED) is 0.664. The van der Waals surface area contributed by atoms with E-state index < -0.39 is 0 Å². The summed E-state index contributed by atoms with van der Waals surface area (Å²) in [6.07, 6.45) is 6.30. The van der Waals surface area contributed by atoms with Crippen LogP contribution in [0, 0.1) is 12.8 Å². The van der Waals surface area contributed by atoms with Gasteiger partial charge in [-0.1, -0.05) is 6.58 Å². The number of pyridine rings is 1. The Morgan fingerprint density at radius 2 is 2.19 bits per heavy atom. The van der Waals surface area contributed by atoms with E-state index in [9.17, 15) is 4.79 Å². The Balaban J connectivity index is 1.51. The number of carbonyl (C=O) groups excluding carboxylic acids is 1. The van der Waals surface area contributed by atoms with E-state index in [2.05, 4.69) is 40.8 Å². The maximum Gasteiger partial charge on any atom is 0.245 e. The summed E-state index contributed by atoms with van der Waals surface area (Å²) in [6.45, 7) is 11.6. The molecule has 0 radical (unpaired) electrons. The molecule has 2 aromatic heterocycles. The molecule has 2 fully saturated rings. The minimum absolute atomic E-state index is 0.0280. The first-order valence-electron chi connectivity index (χ1n) is 11.0. The smallest absolute Gasteiger partial charge is 0.245 e. The van der Waals surface area contributed by atoms with E-state index in [0.29, 0.717) is 5.92 Å². The number of thiazole rings is 1. The molecule has 1 amide bonds. The molecule has 2 aromatic rings. The molecule has 4 heterocycles. The highest BCUT2D eigenvalue weighted by Gasteiger charge is 2.23. The molecular weight excluding hydrogens is 410 g/mol. The summed E-state index contributed by atoms with van der Waals surface area (Å²) in [4.78, 5) is 26.9. The van der Waals surface area contributed by atoms with Crippen LogP contribution >= 0.6 is 11.3 Å². The van der Waals surface area contributed by atoms with Crippen LogP contribution in [-0.2, 0) is 22.5 Å². The summed E-state index contributed by atoms with van der Waals surface area (Å²) in [6, 6.07) is 4.35. The van der Waals surface area contributed by atoms with Gasteiger partial charge < -0.3 is 15.0 Å². The molecule has 7 nitrogen and oxygen atoms in total. The molecule has 8 heteroatoms. The average molecular weight is 442 g/mol. The molecule has 0 saturated carbocycles. The fraction of sp³-hybridized carbons (Fsp3) is 0.522. The van der Waals surface area contributed by atoms with Gasteiger partial charge in [-0.15, -0.1) is 11.3 Å². The number of morpholine rings is 1. The van der Waals surface area contributed by atoms with Gasteiger partial charge in [0.1, 0.15) is 5.82 Å². The van der Waals surface area contributed by atoms with E-state index >= 15 is 0 Å². The molecule has 0 aliphatic carbocycles. The maximum absolute atomic E-state index is 12.1. The number of amides is 1. The van der Waals surface area contributed by atoms with E-state index in [4.69, 9.17) is 9.72 Å². The molecule has 0 aromatic carbocycles. The van der Waals surface area contributed by atoms with Crippen molar-refractivity contribution in [2.45, 2.75) is 32.7 Å². The van der Waals surface area contributed by atoms with Crippen molar-refractivity contribution in [3.63, 3.8) is 0 Å². The number of anilines is 2. The Hall–Kier alpha value is -2.29. The third-order valence-electron chi connectivity index (χ3n) is 5.81. The van der Waals surface area contributed by atoms with Crippen LogP contribution in [0.25, 0.3) is 0 Å². The Morgan fingerprint density at radius 1 is 1.35 bits per heavy atom. The van der Waals surface area contributed by atoms with Crippen molar-refractivity contribution in [2.24, 2.45) is 5.92 Å². The van der Waals surface area contributed by atoms with Crippen LogP contribution in [0.15, 0.2) is 31.0 Å². The minimum Gasteiger partial charge on any atom is -0.379 e. The van der Waals surface area contributed by atoms with Gasteiger partial charge in [0.15, 0.2) is 5.13 Å². The van der Waals surface area contributed by atoms with Gasteiger partial charge in [-0.25, -0.2) is 9.97 Å². The fourth-order valence-electron chi connectivity index (χ4n) is 4.31. The molecule has 1 N–H and O–H groups in total. The molecule has 166 valence electrons. The van der Waals surface area contributed by atoms with Crippen molar-refractivity contribution in [3.05, 3.63) is 47.1 Å². The molecule has 2 aliphatic rings. The van der Waals surface area contributed by atoms with Gasteiger partial charge in [0.05, 0.1) is 13.2 Å². The van der Waals surface area contributed by atoms with Gasteiger partial charge in [0.2, 0.25) is 5.91 Å². The Morgan fingerprint density at radius 3 is 2.94 bits per heavy atom. The van der Waals surface area contributed by atoms with Gasteiger partial charge in [0.25, 0.3) is 0 Å². The highest BCUT2D eigenvalue weighted by Crippen LogP contribution is 2.25. The number of aromatic nitrogens is 2. The predicted molar refractivity (Wildman–Crippen MR) is 124 cm³/mol. The van der Waals surface area contributed by atoms with E-state index in [1.807, 2.05) is 11.1 Å². The van der Waals surface area contributed by atoms with E-state index in [1.54, 1.807) is 11.3 Å². The van der Waals surface area contributed by atoms with Gasteiger partial charge in [-0.05, 0) is 55.9 Å². The highest BCUT2D eigenvalue weighted by molar-refractivity contribution is 7.15. The van der Waals surface area contributed by atoms with Gasteiger partial charge in [0, 0.05) is 49.5 Å². The van der Waals surface area contributed by atoms with Gasteiger partial charge >= 0.3 is 0 Å². The van der Waals surface area contributed by atoms with Crippen LogP contribution in [0.5, 0.6) is 0 Å². The SMILES string of the molecule is C=CC(=O)N1CCC[C@H](Cc2cc(CN3CCOCC3)cc(Nc3ncc(C)s3)n2)C1. The molecule has 0 spiro atoms. The lowest BCUT2D eigenvalue weighted by molar-refractivity contribution is -0.127. The number of aryl methyl sites for hydroxylation is 1. The lowest BCUT2D eigenvalue weighted by Crippen LogP contribution is -2.39. The second-order valence-electron chi connectivity index (χ2n) is 8.34. The first-order chi connectivity index (χ1) is 15.1. The predicted octanol–water partition coefficient (Wildman–Crippen LogP) is 3.39. The number of ether oxygens (including phenoxy) is 1. The Labute approximate surface area is 188 Å². The van der Waals surface area contributed by atoms with Crippen LogP contribution in [0.1, 0.15) is 29.0 Å². The second-order valence-corrected chi connectivity index (χ2v) is 9.58. The minimum atomic E-state index is 0.0280. The van der Waals surface area contributed by atoms with E-state index in [-0.39, 0.29) is 5.91 Å². The number of rotatable bonds is 7. The van der Waals surface area contributed by atoms with Crippen molar-refractivity contribution in [2.75, 3.05) is 44.7 Å². The fourth-order valence-corrected chi connectivity index (χ4v) is 4.98. The van der Waals surface area contributed by atoms with Crippen molar-refractivity contribution in [3.8, 4) is 0 Å². The van der Waals surface area contributed by atoms with Crippen molar-refractivity contribution >= 4 is 28.2 Å².